The van der Waals surface area contributed by atoms with Gasteiger partial charge < -0.3 is 25.3 Å². The van der Waals surface area contributed by atoms with Crippen molar-refractivity contribution in [2.75, 3.05) is 27.2 Å². The van der Waals surface area contributed by atoms with Gasteiger partial charge in [-0.2, -0.15) is 0 Å². The normalized spacial score (nSPS) is 18.6. The highest BCUT2D eigenvalue weighted by atomic mass is 19.1. The number of benzene rings is 2. The monoisotopic (exact) mass is 592 g/mol. The summed E-state index contributed by atoms with van der Waals surface area (Å²) < 4.78 is 13.5. The van der Waals surface area contributed by atoms with Crippen LogP contribution in [-0.4, -0.2) is 83.2 Å². The van der Waals surface area contributed by atoms with E-state index >= 15 is 0 Å². The van der Waals surface area contributed by atoms with Gasteiger partial charge in [0.1, 0.15) is 24.0 Å². The molecule has 1 saturated heterocycles. The number of para-hydroxylation sites is 1. The van der Waals surface area contributed by atoms with Crippen LogP contribution in [0.25, 0.3) is 22.2 Å². The second kappa shape index (κ2) is 14.7. The molecule has 4 rings (SSSR count). The Morgan fingerprint density at radius 3 is 2.58 bits per heavy atom. The maximum absolute atomic E-state index is 13.5. The highest BCUT2D eigenvalue weighted by Gasteiger charge is 2.34. The summed E-state index contributed by atoms with van der Waals surface area (Å²) in [7, 11) is 3.80. The van der Waals surface area contributed by atoms with Crippen molar-refractivity contribution >= 4 is 29.1 Å². The molecule has 0 bridgehead atoms. The zero-order chi connectivity index (χ0) is 31.1. The molecule has 10 heteroatoms. The number of aromatic amines is 1. The van der Waals surface area contributed by atoms with E-state index in [4.69, 9.17) is 4.98 Å². The summed E-state index contributed by atoms with van der Waals surface area (Å²) in [6.45, 7) is 6.54. The molecule has 232 valence electrons. The average Bonchev–Trinajstić information content (AvgIpc) is 3.58. The van der Waals surface area contributed by atoms with Gasteiger partial charge in [0.2, 0.25) is 11.8 Å². The van der Waals surface area contributed by atoms with Gasteiger partial charge in [0, 0.05) is 31.1 Å². The summed E-state index contributed by atoms with van der Waals surface area (Å²) in [6.07, 6.45) is 4.30. The lowest BCUT2D eigenvalue weighted by Gasteiger charge is -2.30. The number of hydrogen-bond acceptors (Lipinski definition) is 6. The number of H-pyrrole nitrogens is 1. The quantitative estimate of drug-likeness (QED) is 0.239. The molecule has 4 unspecified atom stereocenters. The van der Waals surface area contributed by atoms with Gasteiger partial charge in [-0.05, 0) is 69.5 Å². The van der Waals surface area contributed by atoms with Crippen molar-refractivity contribution in [3.05, 3.63) is 54.1 Å². The molecular formula is C33H45FN6O3. The van der Waals surface area contributed by atoms with Crippen LogP contribution in [0.2, 0.25) is 0 Å². The van der Waals surface area contributed by atoms with Gasteiger partial charge in [-0.3, -0.25) is 14.5 Å². The molecule has 2 aromatic carbocycles. The predicted octanol–water partition coefficient (Wildman–Crippen LogP) is 4.45. The number of amides is 2. The number of fused-ring (bicyclic) bond motifs is 1. The fourth-order valence-corrected chi connectivity index (χ4v) is 6.03. The first kappa shape index (κ1) is 32.3. The van der Waals surface area contributed by atoms with E-state index in [-0.39, 0.29) is 42.2 Å². The number of imidazole rings is 1. The van der Waals surface area contributed by atoms with E-state index in [9.17, 15) is 18.8 Å². The Labute approximate surface area is 253 Å². The molecule has 1 aromatic heterocycles. The van der Waals surface area contributed by atoms with Gasteiger partial charge in [-0.25, -0.2) is 9.37 Å². The van der Waals surface area contributed by atoms with Crippen LogP contribution >= 0.6 is 0 Å². The summed E-state index contributed by atoms with van der Waals surface area (Å²) in [5.41, 5.74) is 3.66. The highest BCUT2D eigenvalue weighted by molar-refractivity contribution is 5.92. The largest absolute Gasteiger partial charge is 0.343 e. The maximum atomic E-state index is 13.5. The van der Waals surface area contributed by atoms with Crippen molar-refractivity contribution in [2.24, 2.45) is 5.92 Å². The summed E-state index contributed by atoms with van der Waals surface area (Å²) in [5, 5.41) is 5.75. The second-order valence-electron chi connectivity index (χ2n) is 12.0. The standard InChI is InChI=1S/C33H45FN6O3/c1-6-27(35-4)33(43)36-24(20-41)19-40(30(42)18-21(2)3)17-16-25-14-15-29(39(25)5)32-37-28-9-7-8-26(31(28)38-32)22-10-12-23(34)13-11-22/h7-13,20-21,24-25,27,29,35H,6,14-19H2,1-5H3,(H,36,43)(H,37,38). The van der Waals surface area contributed by atoms with Crippen molar-refractivity contribution in [3.63, 3.8) is 0 Å². The lowest BCUT2D eigenvalue weighted by atomic mass is 10.0. The van der Waals surface area contributed by atoms with Crippen molar-refractivity contribution in [3.8, 4) is 11.1 Å². The van der Waals surface area contributed by atoms with Crippen LogP contribution < -0.4 is 10.6 Å². The molecular weight excluding hydrogens is 547 g/mol. The van der Waals surface area contributed by atoms with E-state index in [0.717, 1.165) is 53.5 Å². The zero-order valence-corrected chi connectivity index (χ0v) is 25.9. The van der Waals surface area contributed by atoms with Crippen LogP contribution in [0, 0.1) is 11.7 Å². The molecule has 3 aromatic rings. The lowest BCUT2D eigenvalue weighted by Crippen LogP contribution is -2.52. The first-order valence-electron chi connectivity index (χ1n) is 15.3. The molecule has 0 aliphatic carbocycles. The van der Waals surface area contributed by atoms with E-state index in [1.165, 1.54) is 12.1 Å². The van der Waals surface area contributed by atoms with Gasteiger partial charge in [0.25, 0.3) is 0 Å². The van der Waals surface area contributed by atoms with Gasteiger partial charge >= 0.3 is 0 Å². The topological polar surface area (TPSA) is 110 Å². The maximum Gasteiger partial charge on any atom is 0.237 e. The van der Waals surface area contributed by atoms with Crippen LogP contribution in [0.5, 0.6) is 0 Å². The average molecular weight is 593 g/mol. The molecule has 9 nitrogen and oxygen atoms in total. The zero-order valence-electron chi connectivity index (χ0n) is 25.9. The van der Waals surface area contributed by atoms with Gasteiger partial charge in [-0.15, -0.1) is 0 Å². The Morgan fingerprint density at radius 2 is 1.93 bits per heavy atom. The fraction of sp³-hybridized carbons (Fsp3) is 0.515. The number of carbonyl (C=O) groups excluding carboxylic acids is 3. The number of halogens is 1. The molecule has 0 saturated carbocycles. The summed E-state index contributed by atoms with van der Waals surface area (Å²) in [6, 6.07) is 11.6. The van der Waals surface area contributed by atoms with Crippen LogP contribution in [-0.2, 0) is 14.4 Å². The van der Waals surface area contributed by atoms with Crippen LogP contribution in [0.4, 0.5) is 4.39 Å². The molecule has 1 aliphatic rings. The van der Waals surface area contributed by atoms with Gasteiger partial charge in [0.05, 0.1) is 23.1 Å². The first-order valence-corrected chi connectivity index (χ1v) is 15.3. The molecule has 0 spiro atoms. The number of carbonyl (C=O) groups is 3. The Morgan fingerprint density at radius 1 is 1.19 bits per heavy atom. The molecule has 0 radical (unpaired) electrons. The summed E-state index contributed by atoms with van der Waals surface area (Å²) in [4.78, 5) is 50.3. The molecule has 3 N–H and O–H groups in total. The molecule has 1 fully saturated rings. The third-order valence-electron chi connectivity index (χ3n) is 8.49. The minimum absolute atomic E-state index is 0.0143. The number of nitrogens with zero attached hydrogens (tertiary/aromatic N) is 3. The molecule has 4 atom stereocenters. The number of likely N-dealkylation sites (tertiary alicyclic amines) is 1. The van der Waals surface area contributed by atoms with Gasteiger partial charge in [0.15, 0.2) is 0 Å². The molecule has 2 heterocycles. The summed E-state index contributed by atoms with van der Waals surface area (Å²) >= 11 is 0. The molecule has 2 amide bonds. The number of hydrogen-bond donors (Lipinski definition) is 3. The van der Waals surface area contributed by atoms with E-state index in [1.807, 2.05) is 39.0 Å². The number of aldehydes is 1. The minimum Gasteiger partial charge on any atom is -0.343 e. The Kier molecular flexibility index (Phi) is 11.0. The third-order valence-corrected chi connectivity index (χ3v) is 8.49. The van der Waals surface area contributed by atoms with Crippen molar-refractivity contribution in [2.45, 2.75) is 77.0 Å². The van der Waals surface area contributed by atoms with Crippen LogP contribution in [0.1, 0.15) is 64.7 Å². The predicted molar refractivity (Wildman–Crippen MR) is 167 cm³/mol. The number of aromatic nitrogens is 2. The van der Waals surface area contributed by atoms with E-state index in [2.05, 4.69) is 27.6 Å². The first-order chi connectivity index (χ1) is 20.6. The Bertz CT molecular complexity index is 1390. The number of likely N-dealkylation sites (N-methyl/N-ethyl adjacent to an activating group) is 1. The Hall–Kier alpha value is -3.63. The lowest BCUT2D eigenvalue weighted by molar-refractivity contribution is -0.134. The van der Waals surface area contributed by atoms with Crippen molar-refractivity contribution in [1.29, 1.82) is 0 Å². The number of rotatable bonds is 14. The van der Waals surface area contributed by atoms with E-state index < -0.39 is 12.1 Å². The number of nitrogens with one attached hydrogen (secondary N) is 3. The van der Waals surface area contributed by atoms with Crippen molar-refractivity contribution in [1.82, 2.24) is 30.4 Å². The molecule has 43 heavy (non-hydrogen) atoms. The smallest absolute Gasteiger partial charge is 0.237 e. The van der Waals surface area contributed by atoms with E-state index in [0.29, 0.717) is 19.4 Å². The van der Waals surface area contributed by atoms with E-state index in [1.54, 1.807) is 24.1 Å². The second-order valence-corrected chi connectivity index (χ2v) is 12.0. The van der Waals surface area contributed by atoms with Crippen LogP contribution in [0.3, 0.4) is 0 Å². The Balaban J connectivity index is 1.45. The highest BCUT2D eigenvalue weighted by Crippen LogP contribution is 2.37. The van der Waals surface area contributed by atoms with Crippen LogP contribution in [0.15, 0.2) is 42.5 Å². The SMILES string of the molecule is CCC(NC)C(=O)NC(C=O)CN(CCC1CCC(c2nc3c(-c4ccc(F)cc4)cccc3[nH]2)N1C)C(=O)CC(C)C. The van der Waals surface area contributed by atoms with Gasteiger partial charge in [-0.1, -0.05) is 45.0 Å². The fourth-order valence-electron chi connectivity index (χ4n) is 6.03. The summed E-state index contributed by atoms with van der Waals surface area (Å²) in [5.74, 6) is 0.539. The van der Waals surface area contributed by atoms with Crippen molar-refractivity contribution < 1.29 is 18.8 Å². The third kappa shape index (κ3) is 7.86. The molecule has 1 aliphatic heterocycles. The minimum atomic E-state index is -0.772.